The molecule has 2 rings (SSSR count). The quantitative estimate of drug-likeness (QED) is 0.847. The zero-order valence-corrected chi connectivity index (χ0v) is 12.2. The highest BCUT2D eigenvalue weighted by atomic mass is 19.1. The summed E-state index contributed by atoms with van der Waals surface area (Å²) >= 11 is 0. The Bertz CT molecular complexity index is 396. The van der Waals surface area contributed by atoms with E-state index in [4.69, 9.17) is 0 Å². The minimum Gasteiger partial charge on any atom is -0.308 e. The molecule has 1 N–H and O–H groups in total. The van der Waals surface area contributed by atoms with E-state index in [1.807, 2.05) is 12.1 Å². The fourth-order valence-corrected chi connectivity index (χ4v) is 2.87. The summed E-state index contributed by atoms with van der Waals surface area (Å²) in [6.45, 7) is 3.18. The number of nitrogens with zero attached hydrogens (tertiary/aromatic N) is 1. The van der Waals surface area contributed by atoms with Crippen molar-refractivity contribution in [2.75, 3.05) is 20.6 Å². The van der Waals surface area contributed by atoms with Gasteiger partial charge in [0.05, 0.1) is 0 Å². The predicted molar refractivity (Wildman–Crippen MR) is 77.7 cm³/mol. The van der Waals surface area contributed by atoms with E-state index >= 15 is 0 Å². The molecule has 1 atom stereocenters. The maximum Gasteiger partial charge on any atom is 0.123 e. The van der Waals surface area contributed by atoms with Crippen LogP contribution in [-0.4, -0.2) is 31.1 Å². The van der Waals surface area contributed by atoms with Crippen LogP contribution < -0.4 is 5.32 Å². The van der Waals surface area contributed by atoms with E-state index in [0.29, 0.717) is 11.6 Å². The first-order chi connectivity index (χ1) is 9.07. The van der Waals surface area contributed by atoms with Gasteiger partial charge in [-0.25, -0.2) is 4.39 Å². The van der Waals surface area contributed by atoms with E-state index in [1.165, 1.54) is 24.8 Å². The Morgan fingerprint density at radius 3 is 2.32 bits per heavy atom. The van der Waals surface area contributed by atoms with E-state index < -0.39 is 0 Å². The van der Waals surface area contributed by atoms with Crippen LogP contribution in [-0.2, 0) is 0 Å². The first kappa shape index (κ1) is 14.5. The van der Waals surface area contributed by atoms with E-state index in [2.05, 4.69) is 31.2 Å². The summed E-state index contributed by atoms with van der Waals surface area (Å²) in [4.78, 5) is 2.35. The van der Waals surface area contributed by atoms with E-state index in [-0.39, 0.29) is 5.82 Å². The molecule has 0 radical (unpaired) electrons. The second-order valence-electron chi connectivity index (χ2n) is 5.87. The summed E-state index contributed by atoms with van der Waals surface area (Å²) < 4.78 is 13.0. The van der Waals surface area contributed by atoms with Gasteiger partial charge < -0.3 is 10.2 Å². The number of hydrogen-bond donors (Lipinski definition) is 1. The molecular formula is C16H25FN2. The van der Waals surface area contributed by atoms with Crippen LogP contribution in [0, 0.1) is 5.82 Å². The van der Waals surface area contributed by atoms with Crippen LogP contribution in [0.3, 0.4) is 0 Å². The Balaban J connectivity index is 1.98. The zero-order valence-electron chi connectivity index (χ0n) is 12.2. The first-order valence-corrected chi connectivity index (χ1v) is 7.24. The van der Waals surface area contributed by atoms with Gasteiger partial charge in [-0.15, -0.1) is 0 Å². The average molecular weight is 264 g/mol. The van der Waals surface area contributed by atoms with E-state index in [0.717, 1.165) is 13.0 Å². The number of nitrogens with one attached hydrogen (secondary N) is 1. The smallest absolute Gasteiger partial charge is 0.123 e. The van der Waals surface area contributed by atoms with Gasteiger partial charge in [-0.3, -0.25) is 0 Å². The van der Waals surface area contributed by atoms with Crippen molar-refractivity contribution in [2.45, 2.75) is 44.2 Å². The van der Waals surface area contributed by atoms with Crippen LogP contribution in [0.1, 0.15) is 44.2 Å². The Labute approximate surface area is 116 Å². The molecule has 0 bridgehead atoms. The van der Waals surface area contributed by atoms with Crippen LogP contribution in [0.25, 0.3) is 0 Å². The van der Waals surface area contributed by atoms with Crippen LogP contribution in [0.15, 0.2) is 24.3 Å². The van der Waals surface area contributed by atoms with Crippen molar-refractivity contribution in [3.8, 4) is 0 Å². The molecule has 106 valence electrons. The van der Waals surface area contributed by atoms with Crippen LogP contribution >= 0.6 is 0 Å². The second-order valence-corrected chi connectivity index (χ2v) is 5.87. The molecule has 0 aromatic heterocycles. The molecule has 1 unspecified atom stereocenters. The Hall–Kier alpha value is -0.930. The molecule has 0 amide bonds. The monoisotopic (exact) mass is 264 g/mol. The molecule has 1 fully saturated rings. The Morgan fingerprint density at radius 2 is 1.89 bits per heavy atom. The highest BCUT2D eigenvalue weighted by Crippen LogP contribution is 2.36. The standard InChI is InChI=1S/C16H25FN2/c1-4-15(13-6-8-14(17)9-7-13)18-12-16(19(2)3)10-5-11-16/h6-9,15,18H,4-5,10-12H2,1-3H3. The Morgan fingerprint density at radius 1 is 1.26 bits per heavy atom. The van der Waals surface area contributed by atoms with Crippen molar-refractivity contribution < 1.29 is 4.39 Å². The number of halogens is 1. The van der Waals surface area contributed by atoms with Gasteiger partial charge in [-0.1, -0.05) is 19.1 Å². The average Bonchev–Trinajstić information content (AvgIpc) is 2.34. The SMILES string of the molecule is CCC(NCC1(N(C)C)CCC1)c1ccc(F)cc1. The fraction of sp³-hybridized carbons (Fsp3) is 0.625. The van der Waals surface area contributed by atoms with Crippen molar-refractivity contribution in [3.05, 3.63) is 35.6 Å². The van der Waals surface area contributed by atoms with Crippen molar-refractivity contribution in [1.82, 2.24) is 10.2 Å². The molecule has 0 spiro atoms. The molecule has 1 saturated carbocycles. The summed E-state index contributed by atoms with van der Waals surface area (Å²) in [6, 6.07) is 7.19. The lowest BCUT2D eigenvalue weighted by atomic mass is 9.75. The molecule has 3 heteroatoms. The zero-order chi connectivity index (χ0) is 13.9. The molecule has 0 aliphatic heterocycles. The maximum atomic E-state index is 13.0. The molecule has 1 aliphatic rings. The normalized spacial score (nSPS) is 19.2. The lowest BCUT2D eigenvalue weighted by molar-refractivity contribution is 0.0569. The summed E-state index contributed by atoms with van der Waals surface area (Å²) in [6.07, 6.45) is 4.89. The molecule has 2 nitrogen and oxygen atoms in total. The molecule has 1 aromatic carbocycles. The van der Waals surface area contributed by atoms with Gasteiger partial charge >= 0.3 is 0 Å². The van der Waals surface area contributed by atoms with E-state index in [1.54, 1.807) is 12.1 Å². The minimum absolute atomic E-state index is 0.164. The second kappa shape index (κ2) is 6.02. The highest BCUT2D eigenvalue weighted by molar-refractivity contribution is 5.20. The van der Waals surface area contributed by atoms with E-state index in [9.17, 15) is 4.39 Å². The molecule has 0 heterocycles. The topological polar surface area (TPSA) is 15.3 Å². The van der Waals surface area contributed by atoms with Crippen LogP contribution in [0.5, 0.6) is 0 Å². The summed E-state index contributed by atoms with van der Waals surface area (Å²) in [5.41, 5.74) is 1.50. The van der Waals surface area contributed by atoms with Gasteiger partial charge in [0.15, 0.2) is 0 Å². The van der Waals surface area contributed by atoms with Crippen molar-refractivity contribution in [3.63, 3.8) is 0 Å². The maximum absolute atomic E-state index is 13.0. The third-order valence-corrected chi connectivity index (χ3v) is 4.59. The first-order valence-electron chi connectivity index (χ1n) is 7.24. The van der Waals surface area contributed by atoms with Crippen molar-refractivity contribution in [2.24, 2.45) is 0 Å². The third-order valence-electron chi connectivity index (χ3n) is 4.59. The summed E-state index contributed by atoms with van der Waals surface area (Å²) in [7, 11) is 4.33. The molecule has 1 aromatic rings. The Kier molecular flexibility index (Phi) is 4.58. The minimum atomic E-state index is -0.164. The number of benzene rings is 1. The molecule has 1 aliphatic carbocycles. The lowest BCUT2D eigenvalue weighted by Crippen LogP contribution is -2.56. The summed E-state index contributed by atoms with van der Waals surface area (Å²) in [5, 5.41) is 3.67. The third kappa shape index (κ3) is 3.15. The molecular weight excluding hydrogens is 239 g/mol. The van der Waals surface area contributed by atoms with Gasteiger partial charge in [0, 0.05) is 18.1 Å². The molecule has 19 heavy (non-hydrogen) atoms. The number of hydrogen-bond acceptors (Lipinski definition) is 2. The number of rotatable bonds is 6. The van der Waals surface area contributed by atoms with Crippen LogP contribution in [0.2, 0.25) is 0 Å². The predicted octanol–water partition coefficient (Wildman–Crippen LogP) is 3.35. The van der Waals surface area contributed by atoms with Gasteiger partial charge in [-0.2, -0.15) is 0 Å². The van der Waals surface area contributed by atoms with Gasteiger partial charge in [0.25, 0.3) is 0 Å². The van der Waals surface area contributed by atoms with Crippen molar-refractivity contribution >= 4 is 0 Å². The van der Waals surface area contributed by atoms with Gasteiger partial charge in [0.2, 0.25) is 0 Å². The summed E-state index contributed by atoms with van der Waals surface area (Å²) in [5.74, 6) is -0.164. The van der Waals surface area contributed by atoms with Gasteiger partial charge in [-0.05, 0) is 57.5 Å². The molecule has 0 saturated heterocycles. The van der Waals surface area contributed by atoms with Crippen LogP contribution in [0.4, 0.5) is 4.39 Å². The van der Waals surface area contributed by atoms with Gasteiger partial charge in [0.1, 0.15) is 5.82 Å². The number of likely N-dealkylation sites (N-methyl/N-ethyl adjacent to an activating group) is 1. The lowest BCUT2D eigenvalue weighted by Gasteiger charge is -2.48. The van der Waals surface area contributed by atoms with Crippen molar-refractivity contribution in [1.29, 1.82) is 0 Å². The fourth-order valence-electron chi connectivity index (χ4n) is 2.87. The largest absolute Gasteiger partial charge is 0.308 e. The highest BCUT2D eigenvalue weighted by Gasteiger charge is 2.38.